The van der Waals surface area contributed by atoms with Crippen molar-refractivity contribution in [2.75, 3.05) is 13.1 Å². The van der Waals surface area contributed by atoms with Crippen LogP contribution in [0, 0.1) is 5.82 Å². The van der Waals surface area contributed by atoms with E-state index in [1.54, 1.807) is 11.0 Å². The molecule has 1 N–H and O–H groups in total. The fourth-order valence-electron chi connectivity index (χ4n) is 2.47. The molecule has 0 aromatic heterocycles. The van der Waals surface area contributed by atoms with Gasteiger partial charge in [-0.05, 0) is 51.4 Å². The highest BCUT2D eigenvalue weighted by atomic mass is 35.5. The molecule has 2 rings (SSSR count). The Bertz CT molecular complexity index is 487. The van der Waals surface area contributed by atoms with E-state index in [0.717, 1.165) is 19.4 Å². The van der Waals surface area contributed by atoms with Crippen molar-refractivity contribution in [3.8, 4) is 0 Å². The highest BCUT2D eigenvalue weighted by Crippen LogP contribution is 2.18. The third-order valence-electron chi connectivity index (χ3n) is 3.63. The molecule has 1 fully saturated rings. The third-order valence-corrected chi connectivity index (χ3v) is 3.94. The van der Waals surface area contributed by atoms with Crippen molar-refractivity contribution in [2.24, 2.45) is 0 Å². The van der Waals surface area contributed by atoms with Gasteiger partial charge in [-0.2, -0.15) is 0 Å². The predicted octanol–water partition coefficient (Wildman–Crippen LogP) is 3.08. The molecule has 0 aliphatic carbocycles. The van der Waals surface area contributed by atoms with Crippen molar-refractivity contribution < 1.29 is 9.18 Å². The lowest BCUT2D eigenvalue weighted by Gasteiger charge is -2.29. The number of carbonyl (C=O) groups excluding carboxylic acids is 1. The maximum Gasteiger partial charge on any atom is 0.254 e. The van der Waals surface area contributed by atoms with Crippen LogP contribution in [-0.4, -0.2) is 36.0 Å². The summed E-state index contributed by atoms with van der Waals surface area (Å²) in [7, 11) is 0. The minimum Gasteiger partial charge on any atom is -0.335 e. The van der Waals surface area contributed by atoms with Crippen LogP contribution >= 0.6 is 11.6 Å². The maximum atomic E-state index is 13.5. The van der Waals surface area contributed by atoms with E-state index in [2.05, 4.69) is 5.32 Å². The van der Waals surface area contributed by atoms with Crippen LogP contribution in [0.4, 0.5) is 4.39 Å². The number of hydrogen-bond acceptors (Lipinski definition) is 2. The van der Waals surface area contributed by atoms with Gasteiger partial charge in [-0.1, -0.05) is 11.6 Å². The highest BCUT2D eigenvalue weighted by Gasteiger charge is 2.24. The Morgan fingerprint density at radius 2 is 2.30 bits per heavy atom. The van der Waals surface area contributed by atoms with E-state index >= 15 is 0 Å². The van der Waals surface area contributed by atoms with Crippen molar-refractivity contribution in [1.82, 2.24) is 10.2 Å². The van der Waals surface area contributed by atoms with Crippen LogP contribution in [0.3, 0.4) is 0 Å². The molecule has 1 aromatic rings. The number of hydrogen-bond donors (Lipinski definition) is 1. The predicted molar refractivity (Wildman–Crippen MR) is 78.6 cm³/mol. The number of amides is 1. The second kappa shape index (κ2) is 6.55. The number of halogens is 2. The van der Waals surface area contributed by atoms with E-state index in [-0.39, 0.29) is 17.0 Å². The number of carbonyl (C=O) groups is 1. The first-order valence-electron chi connectivity index (χ1n) is 6.98. The Kier molecular flexibility index (Phi) is 5.00. The number of nitrogens with zero attached hydrogens (tertiary/aromatic N) is 1. The van der Waals surface area contributed by atoms with Crippen LogP contribution in [0.2, 0.25) is 5.02 Å². The molecule has 0 saturated carbocycles. The van der Waals surface area contributed by atoms with E-state index < -0.39 is 5.82 Å². The van der Waals surface area contributed by atoms with Crippen LogP contribution in [0.25, 0.3) is 0 Å². The molecule has 110 valence electrons. The highest BCUT2D eigenvalue weighted by molar-refractivity contribution is 6.30. The molecule has 3 nitrogen and oxygen atoms in total. The lowest BCUT2D eigenvalue weighted by atomic mass is 10.1. The molecule has 5 heteroatoms. The molecular weight excluding hydrogens is 279 g/mol. The fourth-order valence-corrected chi connectivity index (χ4v) is 2.59. The molecule has 0 radical (unpaired) electrons. The van der Waals surface area contributed by atoms with Gasteiger partial charge in [0, 0.05) is 24.2 Å². The summed E-state index contributed by atoms with van der Waals surface area (Å²) in [5.41, 5.74) is 0.346. The number of rotatable bonds is 4. The summed E-state index contributed by atoms with van der Waals surface area (Å²) in [4.78, 5) is 14.3. The van der Waals surface area contributed by atoms with Crippen molar-refractivity contribution in [3.05, 3.63) is 34.6 Å². The lowest BCUT2D eigenvalue weighted by Crippen LogP contribution is -2.44. The zero-order valence-corrected chi connectivity index (χ0v) is 12.6. The van der Waals surface area contributed by atoms with E-state index in [0.29, 0.717) is 18.2 Å². The standard InChI is InChI=1S/C15H20ClFN2O/c1-10(2)19(9-12-4-3-7-18-12)15(20)11-5-6-13(16)14(17)8-11/h5-6,8,10,12,18H,3-4,7,9H2,1-2H3. The topological polar surface area (TPSA) is 32.3 Å². The summed E-state index contributed by atoms with van der Waals surface area (Å²) >= 11 is 5.66. The SMILES string of the molecule is CC(C)N(CC1CCCN1)C(=O)c1ccc(Cl)c(F)c1. The zero-order chi connectivity index (χ0) is 14.7. The minimum absolute atomic E-state index is 0.0371. The van der Waals surface area contributed by atoms with Crippen LogP contribution in [0.15, 0.2) is 18.2 Å². The van der Waals surface area contributed by atoms with Crippen LogP contribution < -0.4 is 5.32 Å². The number of benzene rings is 1. The molecule has 1 unspecified atom stereocenters. The lowest BCUT2D eigenvalue weighted by molar-refractivity contribution is 0.0688. The maximum absolute atomic E-state index is 13.5. The Labute approximate surface area is 124 Å². The Morgan fingerprint density at radius 1 is 1.55 bits per heavy atom. The summed E-state index contributed by atoms with van der Waals surface area (Å²) in [6.45, 7) is 5.60. The van der Waals surface area contributed by atoms with Gasteiger partial charge in [0.25, 0.3) is 5.91 Å². The summed E-state index contributed by atoms with van der Waals surface area (Å²) in [5.74, 6) is -0.704. The average molecular weight is 299 g/mol. The first kappa shape index (κ1) is 15.3. The molecular formula is C15H20ClFN2O. The molecule has 1 aromatic carbocycles. The van der Waals surface area contributed by atoms with Crippen molar-refractivity contribution >= 4 is 17.5 Å². The summed E-state index contributed by atoms with van der Waals surface area (Å²) in [6.07, 6.45) is 2.21. The van der Waals surface area contributed by atoms with Gasteiger partial charge in [0.1, 0.15) is 5.82 Å². The quantitative estimate of drug-likeness (QED) is 0.926. The smallest absolute Gasteiger partial charge is 0.254 e. The Hall–Kier alpha value is -1.13. The van der Waals surface area contributed by atoms with Gasteiger partial charge in [0.05, 0.1) is 5.02 Å². The second-order valence-corrected chi connectivity index (χ2v) is 5.88. The Morgan fingerprint density at radius 3 is 2.85 bits per heavy atom. The minimum atomic E-state index is -0.555. The molecule has 1 heterocycles. The summed E-state index contributed by atoms with van der Waals surface area (Å²) in [6, 6.07) is 4.62. The number of nitrogens with one attached hydrogen (secondary N) is 1. The molecule has 1 atom stereocenters. The molecule has 1 aliphatic rings. The van der Waals surface area contributed by atoms with E-state index in [1.165, 1.54) is 12.1 Å². The molecule has 1 saturated heterocycles. The molecule has 1 aliphatic heterocycles. The fraction of sp³-hybridized carbons (Fsp3) is 0.533. The first-order chi connectivity index (χ1) is 9.49. The van der Waals surface area contributed by atoms with Gasteiger partial charge in [-0.25, -0.2) is 4.39 Å². The van der Waals surface area contributed by atoms with Crippen molar-refractivity contribution in [1.29, 1.82) is 0 Å². The Balaban J connectivity index is 2.15. The molecule has 20 heavy (non-hydrogen) atoms. The van der Waals surface area contributed by atoms with Gasteiger partial charge in [-0.3, -0.25) is 4.79 Å². The van der Waals surface area contributed by atoms with Crippen molar-refractivity contribution in [3.63, 3.8) is 0 Å². The van der Waals surface area contributed by atoms with E-state index in [9.17, 15) is 9.18 Å². The van der Waals surface area contributed by atoms with Crippen molar-refractivity contribution in [2.45, 2.75) is 38.8 Å². The van der Waals surface area contributed by atoms with Crippen LogP contribution in [0.1, 0.15) is 37.0 Å². The summed E-state index contributed by atoms with van der Waals surface area (Å²) < 4.78 is 13.5. The van der Waals surface area contributed by atoms with E-state index in [1.807, 2.05) is 13.8 Å². The average Bonchev–Trinajstić information content (AvgIpc) is 2.91. The van der Waals surface area contributed by atoms with Gasteiger partial charge in [0.2, 0.25) is 0 Å². The van der Waals surface area contributed by atoms with Gasteiger partial charge >= 0.3 is 0 Å². The van der Waals surface area contributed by atoms with Gasteiger partial charge < -0.3 is 10.2 Å². The monoisotopic (exact) mass is 298 g/mol. The first-order valence-corrected chi connectivity index (χ1v) is 7.36. The van der Waals surface area contributed by atoms with Crippen LogP contribution in [-0.2, 0) is 0 Å². The largest absolute Gasteiger partial charge is 0.335 e. The normalized spacial score (nSPS) is 18.6. The van der Waals surface area contributed by atoms with Gasteiger partial charge in [-0.15, -0.1) is 0 Å². The van der Waals surface area contributed by atoms with Gasteiger partial charge in [0.15, 0.2) is 0 Å². The summed E-state index contributed by atoms with van der Waals surface area (Å²) in [5, 5.41) is 3.42. The molecule has 0 spiro atoms. The molecule has 0 bridgehead atoms. The van der Waals surface area contributed by atoms with E-state index in [4.69, 9.17) is 11.6 Å². The second-order valence-electron chi connectivity index (χ2n) is 5.47. The van der Waals surface area contributed by atoms with Crippen LogP contribution in [0.5, 0.6) is 0 Å². The molecule has 1 amide bonds. The zero-order valence-electron chi connectivity index (χ0n) is 11.8. The third kappa shape index (κ3) is 3.49.